The highest BCUT2D eigenvalue weighted by atomic mass is 16.5. The third kappa shape index (κ3) is 3.83. The smallest absolute Gasteiger partial charge is 0.322 e. The summed E-state index contributed by atoms with van der Waals surface area (Å²) >= 11 is 0. The van der Waals surface area contributed by atoms with Crippen molar-refractivity contribution in [3.63, 3.8) is 0 Å². The van der Waals surface area contributed by atoms with Crippen molar-refractivity contribution in [2.75, 3.05) is 7.11 Å². The number of esters is 1. The zero-order chi connectivity index (χ0) is 14.5. The average Bonchev–Trinajstić information content (AvgIpc) is 2.45. The lowest BCUT2D eigenvalue weighted by molar-refractivity contribution is -0.143. The Morgan fingerprint density at radius 1 is 1.35 bits per heavy atom. The SMILES string of the molecule is COC(=O)C(CC(C)C)NC1CCc2ccccc2C1. The summed E-state index contributed by atoms with van der Waals surface area (Å²) in [6.07, 6.45) is 4.00. The Hall–Kier alpha value is -1.35. The molecule has 1 aliphatic rings. The maximum Gasteiger partial charge on any atom is 0.322 e. The number of hydrogen-bond donors (Lipinski definition) is 1. The second-order valence-corrected chi connectivity index (χ2v) is 6.08. The molecule has 1 aromatic carbocycles. The van der Waals surface area contributed by atoms with E-state index < -0.39 is 0 Å². The van der Waals surface area contributed by atoms with E-state index in [2.05, 4.69) is 43.4 Å². The highest BCUT2D eigenvalue weighted by Crippen LogP contribution is 2.22. The Labute approximate surface area is 121 Å². The van der Waals surface area contributed by atoms with E-state index in [1.54, 1.807) is 0 Å². The van der Waals surface area contributed by atoms with Gasteiger partial charge in [0.25, 0.3) is 0 Å². The summed E-state index contributed by atoms with van der Waals surface area (Å²) in [5, 5.41) is 3.50. The van der Waals surface area contributed by atoms with Gasteiger partial charge >= 0.3 is 5.97 Å². The molecule has 0 aliphatic heterocycles. The molecule has 1 N–H and O–H groups in total. The van der Waals surface area contributed by atoms with Crippen LogP contribution >= 0.6 is 0 Å². The van der Waals surface area contributed by atoms with E-state index in [-0.39, 0.29) is 12.0 Å². The molecular weight excluding hydrogens is 250 g/mol. The molecule has 20 heavy (non-hydrogen) atoms. The van der Waals surface area contributed by atoms with Crippen LogP contribution in [0.25, 0.3) is 0 Å². The molecule has 0 radical (unpaired) electrons. The first-order valence-corrected chi connectivity index (χ1v) is 7.50. The summed E-state index contributed by atoms with van der Waals surface area (Å²) in [6, 6.07) is 8.77. The number of rotatable bonds is 5. The minimum absolute atomic E-state index is 0.141. The van der Waals surface area contributed by atoms with Gasteiger partial charge in [0.1, 0.15) is 6.04 Å². The molecule has 1 aliphatic carbocycles. The average molecular weight is 275 g/mol. The first-order chi connectivity index (χ1) is 9.60. The molecule has 0 saturated heterocycles. The molecule has 3 nitrogen and oxygen atoms in total. The molecule has 2 atom stereocenters. The van der Waals surface area contributed by atoms with Crippen molar-refractivity contribution < 1.29 is 9.53 Å². The molecule has 1 aromatic rings. The lowest BCUT2D eigenvalue weighted by Gasteiger charge is -2.29. The largest absolute Gasteiger partial charge is 0.468 e. The van der Waals surface area contributed by atoms with Gasteiger partial charge in [0.15, 0.2) is 0 Å². The fraction of sp³-hybridized carbons (Fsp3) is 0.588. The number of carbonyl (C=O) groups excluding carboxylic acids is 1. The van der Waals surface area contributed by atoms with Crippen LogP contribution in [0.1, 0.15) is 37.8 Å². The van der Waals surface area contributed by atoms with Gasteiger partial charge in [-0.1, -0.05) is 38.1 Å². The van der Waals surface area contributed by atoms with Gasteiger partial charge < -0.3 is 10.1 Å². The lowest BCUT2D eigenvalue weighted by atomic mass is 9.87. The number of carbonyl (C=O) groups is 1. The summed E-state index contributed by atoms with van der Waals surface area (Å²) in [5.74, 6) is 0.333. The van der Waals surface area contributed by atoms with Gasteiger partial charge in [0.2, 0.25) is 0 Å². The number of benzene rings is 1. The zero-order valence-electron chi connectivity index (χ0n) is 12.7. The van der Waals surface area contributed by atoms with Crippen molar-refractivity contribution in [2.45, 2.75) is 51.6 Å². The summed E-state index contributed by atoms with van der Waals surface area (Å²) < 4.78 is 4.92. The highest BCUT2D eigenvalue weighted by molar-refractivity contribution is 5.75. The molecule has 0 amide bonds. The minimum atomic E-state index is -0.185. The second-order valence-electron chi connectivity index (χ2n) is 6.08. The van der Waals surface area contributed by atoms with Gasteiger partial charge in [-0.15, -0.1) is 0 Å². The predicted octanol–water partition coefficient (Wildman–Crippen LogP) is 2.72. The van der Waals surface area contributed by atoms with Crippen LogP contribution in [0.15, 0.2) is 24.3 Å². The number of hydrogen-bond acceptors (Lipinski definition) is 3. The van der Waals surface area contributed by atoms with E-state index in [0.717, 1.165) is 25.7 Å². The Morgan fingerprint density at radius 2 is 2.05 bits per heavy atom. The maximum atomic E-state index is 11.9. The molecule has 0 heterocycles. The van der Waals surface area contributed by atoms with E-state index in [9.17, 15) is 4.79 Å². The molecular formula is C17H25NO2. The van der Waals surface area contributed by atoms with Crippen LogP contribution in [0, 0.1) is 5.92 Å². The summed E-state index contributed by atoms with van der Waals surface area (Å²) in [5.41, 5.74) is 2.86. The van der Waals surface area contributed by atoms with E-state index in [0.29, 0.717) is 12.0 Å². The van der Waals surface area contributed by atoms with Crippen molar-refractivity contribution in [3.05, 3.63) is 35.4 Å². The van der Waals surface area contributed by atoms with Gasteiger partial charge in [0, 0.05) is 6.04 Å². The maximum absolute atomic E-state index is 11.9. The topological polar surface area (TPSA) is 38.3 Å². The minimum Gasteiger partial charge on any atom is -0.468 e. The molecule has 0 aromatic heterocycles. The van der Waals surface area contributed by atoms with Crippen LogP contribution in [0.5, 0.6) is 0 Å². The number of ether oxygens (including phenoxy) is 1. The van der Waals surface area contributed by atoms with Crippen LogP contribution in [-0.4, -0.2) is 25.2 Å². The van der Waals surface area contributed by atoms with Gasteiger partial charge in [-0.2, -0.15) is 0 Å². The van der Waals surface area contributed by atoms with Crippen LogP contribution in [0.3, 0.4) is 0 Å². The first kappa shape index (κ1) is 15.0. The summed E-state index contributed by atoms with van der Waals surface area (Å²) in [4.78, 5) is 11.9. The number of fused-ring (bicyclic) bond motifs is 1. The predicted molar refractivity (Wildman–Crippen MR) is 80.6 cm³/mol. The van der Waals surface area contributed by atoms with Gasteiger partial charge in [0.05, 0.1) is 7.11 Å². The molecule has 0 fully saturated rings. The lowest BCUT2D eigenvalue weighted by Crippen LogP contribution is -2.46. The van der Waals surface area contributed by atoms with Gasteiger partial charge in [-0.05, 0) is 42.7 Å². The van der Waals surface area contributed by atoms with Crippen molar-refractivity contribution in [1.29, 1.82) is 0 Å². The second kappa shape index (κ2) is 6.89. The van der Waals surface area contributed by atoms with Crippen molar-refractivity contribution in [2.24, 2.45) is 5.92 Å². The normalized spacial score (nSPS) is 19.5. The molecule has 0 bridgehead atoms. The molecule has 3 heteroatoms. The Kier molecular flexibility index (Phi) is 5.18. The number of aryl methyl sites for hydroxylation is 1. The number of nitrogens with one attached hydrogen (secondary N) is 1. The standard InChI is InChI=1S/C17H25NO2/c1-12(2)10-16(17(19)20-3)18-15-9-8-13-6-4-5-7-14(13)11-15/h4-7,12,15-16,18H,8-11H2,1-3H3. The zero-order valence-corrected chi connectivity index (χ0v) is 12.7. The first-order valence-electron chi connectivity index (χ1n) is 7.50. The van der Waals surface area contributed by atoms with E-state index in [1.165, 1.54) is 18.2 Å². The fourth-order valence-electron chi connectivity index (χ4n) is 2.97. The Morgan fingerprint density at radius 3 is 2.70 bits per heavy atom. The summed E-state index contributed by atoms with van der Waals surface area (Å²) in [6.45, 7) is 4.27. The fourth-order valence-corrected chi connectivity index (χ4v) is 2.97. The summed E-state index contributed by atoms with van der Waals surface area (Å²) in [7, 11) is 1.47. The van der Waals surface area contributed by atoms with Crippen molar-refractivity contribution in [1.82, 2.24) is 5.32 Å². The quantitative estimate of drug-likeness (QED) is 0.840. The van der Waals surface area contributed by atoms with E-state index >= 15 is 0 Å². The van der Waals surface area contributed by atoms with Gasteiger partial charge in [-0.25, -0.2) is 0 Å². The molecule has 2 rings (SSSR count). The van der Waals surface area contributed by atoms with E-state index in [4.69, 9.17) is 4.74 Å². The number of methoxy groups -OCH3 is 1. The van der Waals surface area contributed by atoms with Crippen LogP contribution in [0.4, 0.5) is 0 Å². The monoisotopic (exact) mass is 275 g/mol. The van der Waals surface area contributed by atoms with E-state index in [1.807, 2.05) is 0 Å². The third-order valence-electron chi connectivity index (χ3n) is 3.98. The third-order valence-corrected chi connectivity index (χ3v) is 3.98. The van der Waals surface area contributed by atoms with Crippen LogP contribution in [0.2, 0.25) is 0 Å². The van der Waals surface area contributed by atoms with Gasteiger partial charge in [-0.3, -0.25) is 4.79 Å². The molecule has 0 spiro atoms. The molecule has 0 saturated carbocycles. The molecule has 110 valence electrons. The highest BCUT2D eigenvalue weighted by Gasteiger charge is 2.26. The van der Waals surface area contributed by atoms with Crippen LogP contribution in [-0.2, 0) is 22.4 Å². The molecule has 2 unspecified atom stereocenters. The van der Waals surface area contributed by atoms with Crippen molar-refractivity contribution in [3.8, 4) is 0 Å². The van der Waals surface area contributed by atoms with Crippen molar-refractivity contribution >= 4 is 5.97 Å². The Balaban J connectivity index is 2.00. The Bertz CT molecular complexity index is 456. The van der Waals surface area contributed by atoms with Crippen LogP contribution < -0.4 is 5.32 Å².